The lowest BCUT2D eigenvalue weighted by Gasteiger charge is -2.38. The summed E-state index contributed by atoms with van der Waals surface area (Å²) in [5.74, 6) is 1.32. The summed E-state index contributed by atoms with van der Waals surface area (Å²) >= 11 is 0. The highest BCUT2D eigenvalue weighted by Crippen LogP contribution is 2.31. The van der Waals surface area contributed by atoms with E-state index in [0.29, 0.717) is 6.54 Å². The van der Waals surface area contributed by atoms with Crippen LogP contribution in [0.3, 0.4) is 0 Å². The molecule has 6 heteroatoms. The Balaban J connectivity index is 1.45. The van der Waals surface area contributed by atoms with Crippen LogP contribution in [-0.4, -0.2) is 56.5 Å². The van der Waals surface area contributed by atoms with E-state index < -0.39 is 0 Å². The average Bonchev–Trinajstić information content (AvgIpc) is 2.77. The predicted octanol–water partition coefficient (Wildman–Crippen LogP) is 2.45. The van der Waals surface area contributed by atoms with Crippen LogP contribution in [0, 0.1) is 11.8 Å². The zero-order valence-electron chi connectivity index (χ0n) is 16.7. The number of ether oxygens (including phenoxy) is 1. The molecular formula is C22H31N3O3. The Morgan fingerprint density at radius 3 is 2.25 bits per heavy atom. The largest absolute Gasteiger partial charge is 0.497 e. The smallest absolute Gasteiger partial charge is 0.225 e. The van der Waals surface area contributed by atoms with Gasteiger partial charge in [-0.05, 0) is 49.9 Å². The molecule has 1 aliphatic heterocycles. The van der Waals surface area contributed by atoms with Crippen LogP contribution >= 0.6 is 0 Å². The van der Waals surface area contributed by atoms with Crippen molar-refractivity contribution in [3.63, 3.8) is 0 Å². The first-order chi connectivity index (χ1) is 13.6. The van der Waals surface area contributed by atoms with E-state index in [1.54, 1.807) is 13.2 Å². The zero-order chi connectivity index (χ0) is 19.9. The van der Waals surface area contributed by atoms with Crippen molar-refractivity contribution in [3.05, 3.63) is 36.9 Å². The monoisotopic (exact) mass is 385 g/mol. The van der Waals surface area contributed by atoms with Gasteiger partial charge in [-0.2, -0.15) is 0 Å². The molecular weight excluding hydrogens is 354 g/mol. The first kappa shape index (κ1) is 20.2. The molecule has 1 aromatic rings. The minimum absolute atomic E-state index is 0.0379. The van der Waals surface area contributed by atoms with E-state index >= 15 is 0 Å². The maximum Gasteiger partial charge on any atom is 0.225 e. The molecule has 0 atom stereocenters. The predicted molar refractivity (Wildman–Crippen MR) is 110 cm³/mol. The van der Waals surface area contributed by atoms with Crippen LogP contribution in [0.4, 0.5) is 5.69 Å². The van der Waals surface area contributed by atoms with E-state index in [1.165, 1.54) is 5.69 Å². The molecule has 1 heterocycles. The van der Waals surface area contributed by atoms with Crippen LogP contribution in [0.2, 0.25) is 0 Å². The third-order valence-electron chi connectivity index (χ3n) is 5.90. The van der Waals surface area contributed by atoms with Crippen molar-refractivity contribution < 1.29 is 14.3 Å². The summed E-state index contributed by atoms with van der Waals surface area (Å²) in [5, 5.41) is 2.87. The fourth-order valence-corrected chi connectivity index (χ4v) is 4.16. The van der Waals surface area contributed by atoms with Crippen LogP contribution in [-0.2, 0) is 9.59 Å². The lowest BCUT2D eigenvalue weighted by atomic mass is 9.81. The Morgan fingerprint density at radius 1 is 1.07 bits per heavy atom. The lowest BCUT2D eigenvalue weighted by molar-refractivity contribution is -0.138. The molecule has 1 aromatic carbocycles. The Bertz CT molecular complexity index is 673. The van der Waals surface area contributed by atoms with Gasteiger partial charge < -0.3 is 19.9 Å². The number of hydrogen-bond acceptors (Lipinski definition) is 4. The Hall–Kier alpha value is -2.50. The minimum atomic E-state index is 0.0379. The lowest BCUT2D eigenvalue weighted by Crippen LogP contribution is -2.51. The topological polar surface area (TPSA) is 61.9 Å². The molecule has 2 aliphatic rings. The normalized spacial score (nSPS) is 22.5. The Kier molecular flexibility index (Phi) is 6.95. The number of rotatable bonds is 6. The molecule has 1 saturated heterocycles. The summed E-state index contributed by atoms with van der Waals surface area (Å²) < 4.78 is 5.21. The summed E-state index contributed by atoms with van der Waals surface area (Å²) in [7, 11) is 1.67. The van der Waals surface area contributed by atoms with Gasteiger partial charge in [0.1, 0.15) is 5.75 Å². The van der Waals surface area contributed by atoms with Crippen LogP contribution in [0.5, 0.6) is 5.75 Å². The Morgan fingerprint density at radius 2 is 1.68 bits per heavy atom. The molecule has 0 unspecified atom stereocenters. The molecule has 6 nitrogen and oxygen atoms in total. The van der Waals surface area contributed by atoms with Gasteiger partial charge in [0.25, 0.3) is 0 Å². The van der Waals surface area contributed by atoms with E-state index in [1.807, 2.05) is 17.0 Å². The van der Waals surface area contributed by atoms with E-state index in [2.05, 4.69) is 28.9 Å². The third kappa shape index (κ3) is 4.86. The molecule has 0 bridgehead atoms. The first-order valence-corrected chi connectivity index (χ1v) is 10.2. The molecule has 1 aliphatic carbocycles. The third-order valence-corrected chi connectivity index (χ3v) is 5.90. The standard InChI is InChI=1S/C22H31N3O3/c1-3-12-23-21(26)17-4-6-18(7-5-17)22(27)25-15-13-24(14-16-25)19-8-10-20(28-2)11-9-19/h3,8-11,17-18H,1,4-7,12-16H2,2H3,(H,23,26). The van der Waals surface area contributed by atoms with Gasteiger partial charge >= 0.3 is 0 Å². The van der Waals surface area contributed by atoms with E-state index in [-0.39, 0.29) is 23.7 Å². The summed E-state index contributed by atoms with van der Waals surface area (Å²) in [4.78, 5) is 29.3. The van der Waals surface area contributed by atoms with Gasteiger partial charge in [-0.3, -0.25) is 9.59 Å². The van der Waals surface area contributed by atoms with E-state index in [9.17, 15) is 9.59 Å². The average molecular weight is 386 g/mol. The van der Waals surface area contributed by atoms with Gasteiger partial charge in [-0.1, -0.05) is 6.08 Å². The summed E-state index contributed by atoms with van der Waals surface area (Å²) in [6.45, 7) is 7.33. The number of nitrogens with one attached hydrogen (secondary N) is 1. The maximum atomic E-state index is 12.9. The summed E-state index contributed by atoms with van der Waals surface area (Å²) in [6, 6.07) is 8.07. The molecule has 0 radical (unpaired) electrons. The van der Waals surface area contributed by atoms with Gasteiger partial charge in [0.05, 0.1) is 7.11 Å². The molecule has 3 rings (SSSR count). The fraction of sp³-hybridized carbons (Fsp3) is 0.545. The zero-order valence-corrected chi connectivity index (χ0v) is 16.7. The number of piperazine rings is 1. The number of carbonyl (C=O) groups is 2. The molecule has 28 heavy (non-hydrogen) atoms. The van der Waals surface area contributed by atoms with Crippen LogP contribution in [0.25, 0.3) is 0 Å². The molecule has 1 saturated carbocycles. The number of benzene rings is 1. The minimum Gasteiger partial charge on any atom is -0.497 e. The maximum absolute atomic E-state index is 12.9. The highest BCUT2D eigenvalue weighted by Gasteiger charge is 2.33. The van der Waals surface area contributed by atoms with Crippen molar-refractivity contribution >= 4 is 17.5 Å². The van der Waals surface area contributed by atoms with Crippen molar-refractivity contribution in [1.82, 2.24) is 10.2 Å². The van der Waals surface area contributed by atoms with Crippen LogP contribution in [0.15, 0.2) is 36.9 Å². The van der Waals surface area contributed by atoms with E-state index in [4.69, 9.17) is 4.74 Å². The van der Waals surface area contributed by atoms with E-state index in [0.717, 1.165) is 57.6 Å². The number of amides is 2. The number of methoxy groups -OCH3 is 1. The first-order valence-electron chi connectivity index (χ1n) is 10.2. The van der Waals surface area contributed by atoms with Gasteiger partial charge in [-0.15, -0.1) is 6.58 Å². The van der Waals surface area contributed by atoms with Crippen molar-refractivity contribution in [2.45, 2.75) is 25.7 Å². The van der Waals surface area contributed by atoms with Crippen LogP contribution in [0.1, 0.15) is 25.7 Å². The second-order valence-electron chi connectivity index (χ2n) is 7.59. The number of carbonyl (C=O) groups excluding carboxylic acids is 2. The number of anilines is 1. The Labute approximate surface area is 167 Å². The molecule has 0 spiro atoms. The van der Waals surface area contributed by atoms with Crippen molar-refractivity contribution in [3.8, 4) is 5.75 Å². The van der Waals surface area contributed by atoms with Crippen molar-refractivity contribution in [2.24, 2.45) is 11.8 Å². The molecule has 2 amide bonds. The van der Waals surface area contributed by atoms with Gasteiger partial charge in [0.2, 0.25) is 11.8 Å². The SMILES string of the molecule is C=CCNC(=O)C1CCC(C(=O)N2CCN(c3ccc(OC)cc3)CC2)CC1. The highest BCUT2D eigenvalue weighted by atomic mass is 16.5. The van der Waals surface area contributed by atoms with Crippen LogP contribution < -0.4 is 15.0 Å². The highest BCUT2D eigenvalue weighted by molar-refractivity contribution is 5.81. The second kappa shape index (κ2) is 9.62. The van der Waals surface area contributed by atoms with Crippen molar-refractivity contribution in [1.29, 1.82) is 0 Å². The number of hydrogen-bond donors (Lipinski definition) is 1. The molecule has 152 valence electrons. The van der Waals surface area contributed by atoms with Gasteiger partial charge in [0.15, 0.2) is 0 Å². The summed E-state index contributed by atoms with van der Waals surface area (Å²) in [6.07, 6.45) is 4.91. The van der Waals surface area contributed by atoms with Crippen molar-refractivity contribution in [2.75, 3.05) is 44.7 Å². The quantitative estimate of drug-likeness (QED) is 0.764. The fourth-order valence-electron chi connectivity index (χ4n) is 4.16. The van der Waals surface area contributed by atoms with Gasteiger partial charge in [-0.25, -0.2) is 0 Å². The number of nitrogens with zero attached hydrogens (tertiary/aromatic N) is 2. The second-order valence-corrected chi connectivity index (χ2v) is 7.59. The molecule has 1 N–H and O–H groups in total. The summed E-state index contributed by atoms with van der Waals surface area (Å²) in [5.41, 5.74) is 1.17. The van der Waals surface area contributed by atoms with Gasteiger partial charge in [0, 0.05) is 50.2 Å². The molecule has 2 fully saturated rings. The molecule has 0 aromatic heterocycles.